The van der Waals surface area contributed by atoms with Crippen molar-refractivity contribution in [3.05, 3.63) is 65.2 Å². The molecule has 14 heteroatoms. The molecule has 0 spiro atoms. The van der Waals surface area contributed by atoms with Gasteiger partial charge in [-0.05, 0) is 51.8 Å². The van der Waals surface area contributed by atoms with Crippen molar-refractivity contribution >= 4 is 38.2 Å². The fourth-order valence-corrected chi connectivity index (χ4v) is 6.95. The van der Waals surface area contributed by atoms with E-state index in [1.165, 1.54) is 46.9 Å². The van der Waals surface area contributed by atoms with Gasteiger partial charge in [0.05, 0.1) is 33.4 Å². The molecular weight excluding hydrogens is 565 g/mol. The Balaban J connectivity index is 1.52. The number of aryl methyl sites for hydroxylation is 2. The molecule has 0 atom stereocenters. The van der Waals surface area contributed by atoms with Gasteiger partial charge in [-0.3, -0.25) is 13.8 Å². The number of aromatic nitrogens is 6. The minimum absolute atomic E-state index is 0.00421. The summed E-state index contributed by atoms with van der Waals surface area (Å²) in [6.45, 7) is 5.34. The van der Waals surface area contributed by atoms with E-state index in [4.69, 9.17) is 4.74 Å². The van der Waals surface area contributed by atoms with Crippen molar-refractivity contribution in [2.75, 3.05) is 0 Å². The summed E-state index contributed by atoms with van der Waals surface area (Å²) in [5, 5.41) is 6.98. The summed E-state index contributed by atoms with van der Waals surface area (Å²) in [7, 11) is -1.10. The second kappa shape index (κ2) is 9.54. The Labute approximate surface area is 240 Å². The first kappa shape index (κ1) is 27.7. The zero-order valence-electron chi connectivity index (χ0n) is 23.7. The average molecular weight is 596 g/mol. The fourth-order valence-electron chi connectivity index (χ4n) is 5.45. The van der Waals surface area contributed by atoms with Crippen molar-refractivity contribution in [2.45, 2.75) is 56.2 Å². The standard InChI is InChI=1S/C28H30FN7O5S/c1-28(2,3)41-26(37)31-16-11-17(12-16)35-23-19-13-21(20-15-33(4)32-24(20)29)36(42(39,40)18-9-7-6-8-10-18)25(19)30-14-22(23)34(5)27(35)38/h6-10,13-17H,11-12H2,1-5H3,(H,31,37). The highest BCUT2D eigenvalue weighted by Crippen LogP contribution is 2.39. The molecule has 1 saturated carbocycles. The van der Waals surface area contributed by atoms with Crippen molar-refractivity contribution in [2.24, 2.45) is 14.1 Å². The molecule has 0 unspecified atom stereocenters. The van der Waals surface area contributed by atoms with E-state index < -0.39 is 27.7 Å². The summed E-state index contributed by atoms with van der Waals surface area (Å²) in [4.78, 5) is 30.2. The van der Waals surface area contributed by atoms with Crippen molar-refractivity contribution in [1.82, 2.24) is 33.2 Å². The fraction of sp³-hybridized carbons (Fsp3) is 0.357. The van der Waals surface area contributed by atoms with Crippen LogP contribution < -0.4 is 11.0 Å². The van der Waals surface area contributed by atoms with Gasteiger partial charge in [0.2, 0.25) is 5.95 Å². The van der Waals surface area contributed by atoms with Crippen molar-refractivity contribution in [1.29, 1.82) is 0 Å². The van der Waals surface area contributed by atoms with Crippen molar-refractivity contribution < 1.29 is 22.3 Å². The van der Waals surface area contributed by atoms with Gasteiger partial charge in [0.25, 0.3) is 10.0 Å². The van der Waals surface area contributed by atoms with Gasteiger partial charge in [0.15, 0.2) is 5.65 Å². The topological polar surface area (TPSA) is 135 Å². The molecule has 0 bridgehead atoms. The maximum Gasteiger partial charge on any atom is 0.407 e. The number of nitrogens with one attached hydrogen (secondary N) is 1. The highest BCUT2D eigenvalue weighted by atomic mass is 32.2. The molecule has 1 amide bonds. The summed E-state index contributed by atoms with van der Waals surface area (Å²) < 4.78 is 53.7. The number of benzene rings is 1. The van der Waals surface area contributed by atoms with Crippen LogP contribution in [0.5, 0.6) is 0 Å². The lowest BCUT2D eigenvalue weighted by Crippen LogP contribution is -2.48. The normalized spacial score (nSPS) is 17.5. The molecule has 42 heavy (non-hydrogen) atoms. The van der Waals surface area contributed by atoms with E-state index in [1.54, 1.807) is 50.6 Å². The molecule has 1 aromatic carbocycles. The maximum absolute atomic E-state index is 15.0. The molecule has 6 rings (SSSR count). The van der Waals surface area contributed by atoms with E-state index >= 15 is 4.39 Å². The molecule has 5 aromatic rings. The predicted octanol–water partition coefficient (Wildman–Crippen LogP) is 3.69. The number of imidazole rings is 1. The number of fused-ring (bicyclic) bond motifs is 3. The number of ether oxygens (including phenoxy) is 1. The number of alkyl carbamates (subject to hydrolysis) is 1. The lowest BCUT2D eigenvalue weighted by atomic mass is 9.86. The molecule has 220 valence electrons. The van der Waals surface area contributed by atoms with Gasteiger partial charge in [-0.1, -0.05) is 18.2 Å². The zero-order chi connectivity index (χ0) is 30.1. The lowest BCUT2D eigenvalue weighted by molar-refractivity contribution is 0.0456. The number of rotatable bonds is 5. The van der Waals surface area contributed by atoms with E-state index in [9.17, 15) is 18.0 Å². The van der Waals surface area contributed by atoms with Crippen LogP contribution in [-0.2, 0) is 28.9 Å². The molecule has 1 fully saturated rings. The Morgan fingerprint density at radius 1 is 1.14 bits per heavy atom. The number of halogens is 1. The van der Waals surface area contributed by atoms with Gasteiger partial charge >= 0.3 is 11.8 Å². The van der Waals surface area contributed by atoms with E-state index in [-0.39, 0.29) is 39.6 Å². The molecule has 1 aliphatic carbocycles. The number of carbonyl (C=O) groups excluding carboxylic acids is 1. The zero-order valence-corrected chi connectivity index (χ0v) is 24.5. The van der Waals surface area contributed by atoms with Gasteiger partial charge in [-0.15, -0.1) is 5.10 Å². The third-order valence-corrected chi connectivity index (χ3v) is 9.09. The summed E-state index contributed by atoms with van der Waals surface area (Å²) >= 11 is 0. The quantitative estimate of drug-likeness (QED) is 0.327. The van der Waals surface area contributed by atoms with Crippen LogP contribution in [0.4, 0.5) is 9.18 Å². The van der Waals surface area contributed by atoms with Crippen LogP contribution in [0.2, 0.25) is 0 Å². The summed E-state index contributed by atoms with van der Waals surface area (Å²) in [5.41, 5.74) is 0.0549. The molecule has 4 aromatic heterocycles. The van der Waals surface area contributed by atoms with Gasteiger partial charge in [0.1, 0.15) is 5.60 Å². The van der Waals surface area contributed by atoms with E-state index in [2.05, 4.69) is 15.4 Å². The third kappa shape index (κ3) is 4.46. The predicted molar refractivity (Wildman–Crippen MR) is 153 cm³/mol. The van der Waals surface area contributed by atoms with Gasteiger partial charge < -0.3 is 10.1 Å². The average Bonchev–Trinajstić information content (AvgIpc) is 3.52. The molecule has 4 heterocycles. The van der Waals surface area contributed by atoms with Crippen LogP contribution in [-0.4, -0.2) is 54.0 Å². The first-order valence-corrected chi connectivity index (χ1v) is 14.8. The Kier molecular flexibility index (Phi) is 6.29. The number of hydrogen-bond donors (Lipinski definition) is 1. The Morgan fingerprint density at radius 3 is 2.45 bits per heavy atom. The monoisotopic (exact) mass is 595 g/mol. The van der Waals surface area contributed by atoms with Crippen molar-refractivity contribution in [3.8, 4) is 11.3 Å². The number of carbonyl (C=O) groups is 1. The maximum atomic E-state index is 15.0. The molecule has 0 saturated heterocycles. The second-order valence-electron chi connectivity index (χ2n) is 11.5. The molecule has 0 radical (unpaired) electrons. The smallest absolute Gasteiger partial charge is 0.407 e. The lowest BCUT2D eigenvalue weighted by Gasteiger charge is -2.36. The highest BCUT2D eigenvalue weighted by Gasteiger charge is 2.37. The molecular formula is C28H30FN7O5S. The van der Waals surface area contributed by atoms with Crippen LogP contribution in [0, 0.1) is 5.95 Å². The van der Waals surface area contributed by atoms with Crippen LogP contribution >= 0.6 is 0 Å². The Hall–Kier alpha value is -4.46. The second-order valence-corrected chi connectivity index (χ2v) is 13.3. The minimum Gasteiger partial charge on any atom is -0.444 e. The van der Waals surface area contributed by atoms with Crippen LogP contribution in [0.1, 0.15) is 39.7 Å². The number of nitrogens with zero attached hydrogens (tertiary/aromatic N) is 6. The van der Waals surface area contributed by atoms with Crippen LogP contribution in [0.15, 0.2) is 58.5 Å². The van der Waals surface area contributed by atoms with Crippen LogP contribution in [0.25, 0.3) is 33.3 Å². The molecule has 0 aliphatic heterocycles. The number of pyridine rings is 1. The molecule has 1 N–H and O–H groups in total. The Morgan fingerprint density at radius 2 is 1.83 bits per heavy atom. The van der Waals surface area contributed by atoms with Gasteiger partial charge in [-0.2, -0.15) is 4.39 Å². The molecule has 12 nitrogen and oxygen atoms in total. The van der Waals surface area contributed by atoms with Crippen molar-refractivity contribution in [3.63, 3.8) is 0 Å². The first-order chi connectivity index (χ1) is 19.8. The molecule has 1 aliphatic rings. The first-order valence-electron chi connectivity index (χ1n) is 13.4. The summed E-state index contributed by atoms with van der Waals surface area (Å²) in [5.74, 6) is -0.846. The van der Waals surface area contributed by atoms with E-state index in [0.29, 0.717) is 29.3 Å². The van der Waals surface area contributed by atoms with E-state index in [1.807, 2.05) is 0 Å². The SMILES string of the molecule is Cn1cc(-c2cc3c(ncc4c3n(C3CC(NC(=O)OC(C)(C)C)C3)c(=O)n4C)n2S(=O)(=O)c2ccccc2)c(F)n1. The Bertz CT molecular complexity index is 2030. The van der Waals surface area contributed by atoms with Crippen LogP contribution in [0.3, 0.4) is 0 Å². The van der Waals surface area contributed by atoms with Gasteiger partial charge in [-0.25, -0.2) is 27.0 Å². The largest absolute Gasteiger partial charge is 0.444 e. The summed E-state index contributed by atoms with van der Waals surface area (Å²) in [6, 6.07) is 8.86. The summed E-state index contributed by atoms with van der Waals surface area (Å²) in [6.07, 6.45) is 3.25. The third-order valence-electron chi connectivity index (χ3n) is 7.38. The number of hydrogen-bond acceptors (Lipinski definition) is 7. The number of amides is 1. The highest BCUT2D eigenvalue weighted by molar-refractivity contribution is 7.90. The van der Waals surface area contributed by atoms with E-state index in [0.717, 1.165) is 3.97 Å². The van der Waals surface area contributed by atoms with Gasteiger partial charge in [0, 0.05) is 37.8 Å². The minimum atomic E-state index is -4.25.